The summed E-state index contributed by atoms with van der Waals surface area (Å²) in [4.78, 5) is 4.39. The molecule has 2 aromatic rings. The lowest BCUT2D eigenvalue weighted by molar-refractivity contribution is 1.18. The molecule has 0 amide bonds. The predicted octanol–water partition coefficient (Wildman–Crippen LogP) is 4.55. The second kappa shape index (κ2) is 4.85. The highest BCUT2D eigenvalue weighted by molar-refractivity contribution is 9.10. The molecule has 1 aromatic carbocycles. The Morgan fingerprint density at radius 1 is 1.19 bits per heavy atom. The average Bonchev–Trinajstić information content (AvgIpc) is 2.27. The molecular formula is C12H10BrClN2. The van der Waals surface area contributed by atoms with Gasteiger partial charge in [-0.3, -0.25) is 0 Å². The number of pyridine rings is 1. The van der Waals surface area contributed by atoms with Crippen molar-refractivity contribution in [1.82, 2.24) is 4.98 Å². The molecule has 0 unspecified atom stereocenters. The number of benzene rings is 1. The van der Waals surface area contributed by atoms with Crippen LogP contribution < -0.4 is 5.32 Å². The van der Waals surface area contributed by atoms with E-state index in [0.29, 0.717) is 5.02 Å². The Bertz CT molecular complexity index is 514. The standard InChI is InChI=1S/C12H10BrClN2/c1-8-9(13)6-7-12(15-8)16-11-5-3-2-4-10(11)14/h2-7H,1H3,(H,15,16). The molecular weight excluding hydrogens is 288 g/mol. The largest absolute Gasteiger partial charge is 0.339 e. The van der Waals surface area contributed by atoms with E-state index in [1.807, 2.05) is 43.3 Å². The molecule has 2 nitrogen and oxygen atoms in total. The van der Waals surface area contributed by atoms with Gasteiger partial charge in [0.05, 0.1) is 16.4 Å². The van der Waals surface area contributed by atoms with E-state index in [-0.39, 0.29) is 0 Å². The van der Waals surface area contributed by atoms with E-state index in [9.17, 15) is 0 Å². The Kier molecular flexibility index (Phi) is 3.46. The number of para-hydroxylation sites is 1. The molecule has 0 aliphatic rings. The van der Waals surface area contributed by atoms with Gasteiger partial charge in [0.2, 0.25) is 0 Å². The molecule has 0 aliphatic heterocycles. The summed E-state index contributed by atoms with van der Waals surface area (Å²) in [5.41, 5.74) is 1.80. The lowest BCUT2D eigenvalue weighted by atomic mass is 10.3. The summed E-state index contributed by atoms with van der Waals surface area (Å²) < 4.78 is 0.997. The van der Waals surface area contributed by atoms with Crippen molar-refractivity contribution in [3.63, 3.8) is 0 Å². The van der Waals surface area contributed by atoms with Gasteiger partial charge in [-0.15, -0.1) is 0 Å². The van der Waals surface area contributed by atoms with Crippen molar-refractivity contribution in [2.24, 2.45) is 0 Å². The monoisotopic (exact) mass is 296 g/mol. The molecule has 1 N–H and O–H groups in total. The van der Waals surface area contributed by atoms with Gasteiger partial charge >= 0.3 is 0 Å². The highest BCUT2D eigenvalue weighted by atomic mass is 79.9. The number of nitrogens with one attached hydrogen (secondary N) is 1. The van der Waals surface area contributed by atoms with Crippen molar-refractivity contribution in [1.29, 1.82) is 0 Å². The van der Waals surface area contributed by atoms with Crippen LogP contribution in [0, 0.1) is 6.92 Å². The number of hydrogen-bond donors (Lipinski definition) is 1. The normalized spacial score (nSPS) is 10.2. The fourth-order valence-corrected chi connectivity index (χ4v) is 1.72. The number of rotatable bonds is 2. The Morgan fingerprint density at radius 3 is 2.62 bits per heavy atom. The summed E-state index contributed by atoms with van der Waals surface area (Å²) in [5.74, 6) is 0.786. The van der Waals surface area contributed by atoms with Crippen molar-refractivity contribution < 1.29 is 0 Å². The lowest BCUT2D eigenvalue weighted by Crippen LogP contribution is -1.95. The van der Waals surface area contributed by atoms with E-state index in [4.69, 9.17) is 11.6 Å². The predicted molar refractivity (Wildman–Crippen MR) is 71.4 cm³/mol. The van der Waals surface area contributed by atoms with Gasteiger partial charge in [-0.05, 0) is 47.1 Å². The highest BCUT2D eigenvalue weighted by Crippen LogP contribution is 2.25. The van der Waals surface area contributed by atoms with E-state index < -0.39 is 0 Å². The molecule has 0 radical (unpaired) electrons. The zero-order valence-corrected chi connectivity index (χ0v) is 11.0. The molecule has 0 saturated carbocycles. The van der Waals surface area contributed by atoms with E-state index in [1.165, 1.54) is 0 Å². The van der Waals surface area contributed by atoms with Gasteiger partial charge in [0.1, 0.15) is 5.82 Å². The summed E-state index contributed by atoms with van der Waals surface area (Å²) in [5, 5.41) is 3.86. The molecule has 1 heterocycles. The first-order chi connectivity index (χ1) is 7.66. The fraction of sp³-hybridized carbons (Fsp3) is 0.0833. The number of anilines is 2. The van der Waals surface area contributed by atoms with Gasteiger partial charge in [0, 0.05) is 4.47 Å². The molecule has 0 fully saturated rings. The highest BCUT2D eigenvalue weighted by Gasteiger charge is 2.02. The van der Waals surface area contributed by atoms with Crippen LogP contribution in [0.25, 0.3) is 0 Å². The number of aryl methyl sites for hydroxylation is 1. The summed E-state index contributed by atoms with van der Waals surface area (Å²) in [6.45, 7) is 1.95. The summed E-state index contributed by atoms with van der Waals surface area (Å²) in [6.07, 6.45) is 0. The maximum absolute atomic E-state index is 6.05. The smallest absolute Gasteiger partial charge is 0.130 e. The molecule has 0 atom stereocenters. The number of aromatic nitrogens is 1. The minimum atomic E-state index is 0.685. The first-order valence-corrected chi connectivity index (χ1v) is 5.98. The molecule has 82 valence electrons. The van der Waals surface area contributed by atoms with Gasteiger partial charge < -0.3 is 5.32 Å². The first-order valence-electron chi connectivity index (χ1n) is 4.81. The molecule has 1 aromatic heterocycles. The van der Waals surface area contributed by atoms with Crippen molar-refractivity contribution in [2.45, 2.75) is 6.92 Å². The third-order valence-corrected chi connectivity index (χ3v) is 3.33. The summed E-state index contributed by atoms with van der Waals surface area (Å²) in [6, 6.07) is 11.5. The van der Waals surface area contributed by atoms with E-state index >= 15 is 0 Å². The van der Waals surface area contributed by atoms with Crippen LogP contribution >= 0.6 is 27.5 Å². The molecule has 0 aliphatic carbocycles. The van der Waals surface area contributed by atoms with Crippen molar-refractivity contribution in [3.8, 4) is 0 Å². The van der Waals surface area contributed by atoms with Crippen LogP contribution in [0.1, 0.15) is 5.69 Å². The molecule has 16 heavy (non-hydrogen) atoms. The maximum Gasteiger partial charge on any atom is 0.130 e. The third-order valence-electron chi connectivity index (χ3n) is 2.16. The van der Waals surface area contributed by atoms with E-state index in [1.54, 1.807) is 0 Å². The van der Waals surface area contributed by atoms with Crippen LogP contribution in [0.4, 0.5) is 11.5 Å². The summed E-state index contributed by atoms with van der Waals surface area (Å²) in [7, 11) is 0. The molecule has 0 spiro atoms. The number of halogens is 2. The van der Waals surface area contributed by atoms with Crippen LogP contribution in [0.15, 0.2) is 40.9 Å². The van der Waals surface area contributed by atoms with Crippen LogP contribution in [0.2, 0.25) is 5.02 Å². The van der Waals surface area contributed by atoms with Gasteiger partial charge in [-0.1, -0.05) is 23.7 Å². The molecule has 0 saturated heterocycles. The SMILES string of the molecule is Cc1nc(Nc2ccccc2Cl)ccc1Br. The molecule has 4 heteroatoms. The third kappa shape index (κ3) is 2.54. The van der Waals surface area contributed by atoms with E-state index in [2.05, 4.69) is 26.2 Å². The Balaban J connectivity index is 2.28. The quantitative estimate of drug-likeness (QED) is 0.879. The van der Waals surface area contributed by atoms with Crippen LogP contribution in [0.5, 0.6) is 0 Å². The number of nitrogens with zero attached hydrogens (tertiary/aromatic N) is 1. The zero-order chi connectivity index (χ0) is 11.5. The van der Waals surface area contributed by atoms with Gasteiger partial charge in [-0.25, -0.2) is 4.98 Å². The number of hydrogen-bond acceptors (Lipinski definition) is 2. The fourth-order valence-electron chi connectivity index (χ4n) is 1.31. The molecule has 2 rings (SSSR count). The van der Waals surface area contributed by atoms with Crippen LogP contribution in [-0.4, -0.2) is 4.98 Å². The van der Waals surface area contributed by atoms with E-state index in [0.717, 1.165) is 21.7 Å². The molecule has 0 bridgehead atoms. The minimum absolute atomic E-state index is 0.685. The summed E-state index contributed by atoms with van der Waals surface area (Å²) >= 11 is 9.46. The second-order valence-electron chi connectivity index (χ2n) is 3.37. The van der Waals surface area contributed by atoms with Crippen molar-refractivity contribution in [2.75, 3.05) is 5.32 Å². The van der Waals surface area contributed by atoms with Gasteiger partial charge in [-0.2, -0.15) is 0 Å². The van der Waals surface area contributed by atoms with Crippen molar-refractivity contribution in [3.05, 3.63) is 51.6 Å². The van der Waals surface area contributed by atoms with Gasteiger partial charge in [0.25, 0.3) is 0 Å². The van der Waals surface area contributed by atoms with Crippen LogP contribution in [0.3, 0.4) is 0 Å². The lowest BCUT2D eigenvalue weighted by Gasteiger charge is -2.08. The minimum Gasteiger partial charge on any atom is -0.339 e. The Morgan fingerprint density at radius 2 is 1.94 bits per heavy atom. The zero-order valence-electron chi connectivity index (χ0n) is 8.67. The van der Waals surface area contributed by atoms with Crippen molar-refractivity contribution >= 4 is 39.0 Å². The first kappa shape index (κ1) is 11.4. The topological polar surface area (TPSA) is 24.9 Å². The second-order valence-corrected chi connectivity index (χ2v) is 4.63. The Hall–Kier alpha value is -1.06. The Labute approximate surface area is 108 Å². The maximum atomic E-state index is 6.05. The average molecular weight is 298 g/mol. The van der Waals surface area contributed by atoms with Crippen LogP contribution in [-0.2, 0) is 0 Å². The van der Waals surface area contributed by atoms with Gasteiger partial charge in [0.15, 0.2) is 0 Å².